The monoisotopic (exact) mass is 473 g/mol. The second-order valence-electron chi connectivity index (χ2n) is 9.27. The topological polar surface area (TPSA) is 106 Å². The highest BCUT2D eigenvalue weighted by Crippen LogP contribution is 2.31. The Hall–Kier alpha value is -2.62. The summed E-state index contributed by atoms with van der Waals surface area (Å²) in [6.07, 6.45) is 3.52. The first-order chi connectivity index (χ1) is 16.5. The van der Waals surface area contributed by atoms with Crippen LogP contribution in [0.3, 0.4) is 0 Å². The highest BCUT2D eigenvalue weighted by Gasteiger charge is 2.33. The SMILES string of the molecule is CC(C)[C@@H]1C=C(C(=O)N2CCC(n3c(=O)[nH]c4ccccc43)CC2)O[C@H](OCCOCCO)C1. The largest absolute Gasteiger partial charge is 0.459 e. The van der Waals surface area contributed by atoms with Gasteiger partial charge in [0.15, 0.2) is 5.76 Å². The molecule has 0 radical (unpaired) electrons. The van der Waals surface area contributed by atoms with Crippen molar-refractivity contribution >= 4 is 16.9 Å². The normalized spacial score (nSPS) is 21.6. The quantitative estimate of drug-likeness (QED) is 0.542. The van der Waals surface area contributed by atoms with E-state index in [1.54, 1.807) is 0 Å². The number of rotatable bonds is 9. The summed E-state index contributed by atoms with van der Waals surface area (Å²) >= 11 is 0. The van der Waals surface area contributed by atoms with Gasteiger partial charge in [-0.3, -0.25) is 9.36 Å². The van der Waals surface area contributed by atoms with Crippen molar-refractivity contribution in [2.45, 2.75) is 45.4 Å². The number of hydrogen-bond acceptors (Lipinski definition) is 6. The van der Waals surface area contributed by atoms with E-state index >= 15 is 0 Å². The lowest BCUT2D eigenvalue weighted by Gasteiger charge is -2.36. The van der Waals surface area contributed by atoms with Crippen LogP contribution in [0.2, 0.25) is 0 Å². The Bertz CT molecular complexity index is 1050. The van der Waals surface area contributed by atoms with Crippen molar-refractivity contribution in [1.29, 1.82) is 0 Å². The summed E-state index contributed by atoms with van der Waals surface area (Å²) in [6, 6.07) is 7.74. The van der Waals surface area contributed by atoms with Gasteiger partial charge in [0.2, 0.25) is 6.29 Å². The molecule has 2 N–H and O–H groups in total. The third-order valence-electron chi connectivity index (χ3n) is 6.66. The van der Waals surface area contributed by atoms with E-state index in [9.17, 15) is 9.59 Å². The highest BCUT2D eigenvalue weighted by molar-refractivity contribution is 5.91. The van der Waals surface area contributed by atoms with Gasteiger partial charge in [0, 0.05) is 25.6 Å². The number of allylic oxidation sites excluding steroid dienone is 1. The average Bonchev–Trinajstić information content (AvgIpc) is 3.19. The number of aromatic amines is 1. The number of imidazole rings is 1. The predicted octanol–water partition coefficient (Wildman–Crippen LogP) is 2.42. The van der Waals surface area contributed by atoms with Gasteiger partial charge in [-0.1, -0.05) is 26.0 Å². The number of aliphatic hydroxyl groups is 1. The number of aliphatic hydroxyl groups excluding tert-OH is 1. The molecule has 1 amide bonds. The number of carbonyl (C=O) groups is 1. The summed E-state index contributed by atoms with van der Waals surface area (Å²) < 4.78 is 18.8. The number of likely N-dealkylation sites (tertiary alicyclic amines) is 1. The maximum absolute atomic E-state index is 13.3. The minimum absolute atomic E-state index is 0.0254. The number of carbonyl (C=O) groups excluding carboxylic acids is 1. The molecule has 0 unspecified atom stereocenters. The average molecular weight is 474 g/mol. The molecule has 2 aliphatic heterocycles. The summed E-state index contributed by atoms with van der Waals surface area (Å²) in [5.74, 6) is 0.746. The van der Waals surface area contributed by atoms with Crippen molar-refractivity contribution in [3.63, 3.8) is 0 Å². The van der Waals surface area contributed by atoms with Crippen LogP contribution in [0.15, 0.2) is 40.9 Å². The van der Waals surface area contributed by atoms with Gasteiger partial charge in [-0.15, -0.1) is 0 Å². The van der Waals surface area contributed by atoms with E-state index in [1.165, 1.54) is 0 Å². The molecule has 1 fully saturated rings. The van der Waals surface area contributed by atoms with Gasteiger partial charge in [-0.05, 0) is 42.9 Å². The van der Waals surface area contributed by atoms with Crippen LogP contribution in [0, 0.1) is 11.8 Å². The third kappa shape index (κ3) is 5.54. The lowest BCUT2D eigenvalue weighted by molar-refractivity contribution is -0.161. The van der Waals surface area contributed by atoms with Crippen LogP contribution in [0.4, 0.5) is 0 Å². The van der Waals surface area contributed by atoms with Gasteiger partial charge in [0.1, 0.15) is 0 Å². The van der Waals surface area contributed by atoms with E-state index in [0.717, 1.165) is 11.0 Å². The summed E-state index contributed by atoms with van der Waals surface area (Å²) in [7, 11) is 0. The number of hydrogen-bond donors (Lipinski definition) is 2. The molecule has 34 heavy (non-hydrogen) atoms. The molecule has 0 bridgehead atoms. The Kier molecular flexibility index (Phi) is 8.07. The zero-order valence-electron chi connectivity index (χ0n) is 19.9. The van der Waals surface area contributed by atoms with E-state index in [0.29, 0.717) is 57.2 Å². The molecule has 3 heterocycles. The molecule has 1 aromatic heterocycles. The Balaban J connectivity index is 1.38. The molecule has 186 valence electrons. The van der Waals surface area contributed by atoms with E-state index < -0.39 is 6.29 Å². The number of amides is 1. The first kappa shape index (κ1) is 24.5. The van der Waals surface area contributed by atoms with Crippen LogP contribution in [-0.2, 0) is 19.0 Å². The van der Waals surface area contributed by atoms with E-state index in [1.807, 2.05) is 39.8 Å². The number of para-hydroxylation sites is 2. The number of ether oxygens (including phenoxy) is 3. The minimum atomic E-state index is -0.503. The van der Waals surface area contributed by atoms with Crippen LogP contribution in [0.1, 0.15) is 39.2 Å². The standard InChI is InChI=1S/C25H35N3O6/c1-17(2)18-15-22(34-23(16-18)33-14-13-32-12-11-29)24(30)27-9-7-19(8-10-27)28-21-6-4-3-5-20(21)26-25(28)31/h3-6,15,17-19,23,29H,7-14,16H2,1-2H3,(H,26,31)/t18-,23+/m1/s1. The molecule has 1 aromatic carbocycles. The molecule has 9 heteroatoms. The van der Waals surface area contributed by atoms with Crippen LogP contribution >= 0.6 is 0 Å². The molecule has 2 aromatic rings. The molecule has 0 spiro atoms. The van der Waals surface area contributed by atoms with Crippen molar-refractivity contribution in [3.05, 3.63) is 46.6 Å². The Morgan fingerprint density at radius 1 is 1.21 bits per heavy atom. The van der Waals surface area contributed by atoms with Gasteiger partial charge in [0.25, 0.3) is 5.91 Å². The summed E-state index contributed by atoms with van der Waals surface area (Å²) in [5.41, 5.74) is 1.63. The Morgan fingerprint density at radius 3 is 2.71 bits per heavy atom. The van der Waals surface area contributed by atoms with Crippen LogP contribution in [0.5, 0.6) is 0 Å². The zero-order valence-corrected chi connectivity index (χ0v) is 19.9. The van der Waals surface area contributed by atoms with E-state index in [4.69, 9.17) is 19.3 Å². The number of nitrogens with zero attached hydrogens (tertiary/aromatic N) is 2. The van der Waals surface area contributed by atoms with Crippen LogP contribution in [-0.4, -0.2) is 71.3 Å². The van der Waals surface area contributed by atoms with Gasteiger partial charge < -0.3 is 29.2 Å². The smallest absolute Gasteiger partial charge is 0.326 e. The molecule has 9 nitrogen and oxygen atoms in total. The molecule has 4 rings (SSSR count). The maximum atomic E-state index is 13.3. The molecule has 0 aliphatic carbocycles. The van der Waals surface area contributed by atoms with Gasteiger partial charge in [0.05, 0.1) is 37.5 Å². The molecule has 1 saturated heterocycles. The van der Waals surface area contributed by atoms with Gasteiger partial charge in [-0.2, -0.15) is 0 Å². The zero-order chi connectivity index (χ0) is 24.1. The molecule has 2 aliphatic rings. The fourth-order valence-corrected chi connectivity index (χ4v) is 4.73. The first-order valence-electron chi connectivity index (χ1n) is 12.1. The lowest BCUT2D eigenvalue weighted by atomic mass is 9.90. The molecular weight excluding hydrogens is 438 g/mol. The van der Waals surface area contributed by atoms with Gasteiger partial charge >= 0.3 is 5.69 Å². The predicted molar refractivity (Wildman–Crippen MR) is 127 cm³/mol. The fraction of sp³-hybridized carbons (Fsp3) is 0.600. The van der Waals surface area contributed by atoms with Crippen molar-refractivity contribution in [1.82, 2.24) is 14.5 Å². The first-order valence-corrected chi connectivity index (χ1v) is 12.1. The minimum Gasteiger partial charge on any atom is -0.459 e. The Labute approximate surface area is 199 Å². The van der Waals surface area contributed by atoms with Crippen molar-refractivity contribution in [2.75, 3.05) is 39.5 Å². The number of aromatic nitrogens is 2. The lowest BCUT2D eigenvalue weighted by Crippen LogP contribution is -2.43. The fourth-order valence-electron chi connectivity index (χ4n) is 4.73. The summed E-state index contributed by atoms with van der Waals surface area (Å²) in [6.45, 7) is 6.31. The van der Waals surface area contributed by atoms with E-state index in [-0.39, 0.29) is 36.8 Å². The maximum Gasteiger partial charge on any atom is 0.326 e. The van der Waals surface area contributed by atoms with Crippen LogP contribution < -0.4 is 5.69 Å². The van der Waals surface area contributed by atoms with Crippen molar-refractivity contribution in [2.24, 2.45) is 11.8 Å². The number of H-pyrrole nitrogens is 1. The van der Waals surface area contributed by atoms with Crippen molar-refractivity contribution < 1.29 is 24.1 Å². The number of nitrogens with one attached hydrogen (secondary N) is 1. The number of fused-ring (bicyclic) bond motifs is 1. The highest BCUT2D eigenvalue weighted by atomic mass is 16.7. The second kappa shape index (κ2) is 11.2. The van der Waals surface area contributed by atoms with Crippen molar-refractivity contribution in [3.8, 4) is 0 Å². The number of piperidine rings is 1. The van der Waals surface area contributed by atoms with E-state index in [2.05, 4.69) is 18.8 Å². The van der Waals surface area contributed by atoms with Gasteiger partial charge in [-0.25, -0.2) is 4.79 Å². The van der Waals surface area contributed by atoms with Crippen LogP contribution in [0.25, 0.3) is 11.0 Å². The molecule has 0 saturated carbocycles. The molecule has 2 atom stereocenters. The summed E-state index contributed by atoms with van der Waals surface area (Å²) in [4.78, 5) is 30.6. The number of benzene rings is 1. The molecular formula is C25H35N3O6. The Morgan fingerprint density at radius 2 is 1.97 bits per heavy atom. The summed E-state index contributed by atoms with van der Waals surface area (Å²) in [5, 5.41) is 8.80. The second-order valence-corrected chi connectivity index (χ2v) is 9.27. The third-order valence-corrected chi connectivity index (χ3v) is 6.66.